The molecule has 1 aromatic carbocycles. The van der Waals surface area contributed by atoms with Gasteiger partial charge in [0.25, 0.3) is 0 Å². The summed E-state index contributed by atoms with van der Waals surface area (Å²) >= 11 is 0. The zero-order chi connectivity index (χ0) is 15.3. The first kappa shape index (κ1) is 15.4. The van der Waals surface area contributed by atoms with Gasteiger partial charge in [0.2, 0.25) is 0 Å². The predicted octanol–water partition coefficient (Wildman–Crippen LogP) is 4.41. The lowest BCUT2D eigenvalue weighted by Gasteiger charge is -2.18. The van der Waals surface area contributed by atoms with Gasteiger partial charge in [-0.2, -0.15) is 18.3 Å². The molecule has 2 rings (SSSR count). The van der Waals surface area contributed by atoms with Gasteiger partial charge in [0.15, 0.2) is 0 Å². The van der Waals surface area contributed by atoms with Crippen LogP contribution in [0.25, 0.3) is 5.69 Å². The zero-order valence-electron chi connectivity index (χ0n) is 11.8. The summed E-state index contributed by atoms with van der Waals surface area (Å²) in [7, 11) is 0. The van der Waals surface area contributed by atoms with Crippen LogP contribution in [0.15, 0.2) is 42.7 Å². The Morgan fingerprint density at radius 2 is 2.00 bits per heavy atom. The van der Waals surface area contributed by atoms with Crippen LogP contribution in [0.4, 0.5) is 18.9 Å². The quantitative estimate of drug-likeness (QED) is 0.856. The van der Waals surface area contributed by atoms with Gasteiger partial charge in [-0.3, -0.25) is 0 Å². The van der Waals surface area contributed by atoms with Crippen LogP contribution in [0.1, 0.15) is 26.2 Å². The Bertz CT molecular complexity index is 550. The Balaban J connectivity index is 1.97. The van der Waals surface area contributed by atoms with Crippen LogP contribution in [0, 0.1) is 0 Å². The van der Waals surface area contributed by atoms with Gasteiger partial charge < -0.3 is 5.32 Å². The van der Waals surface area contributed by atoms with E-state index in [2.05, 4.69) is 10.4 Å². The maximum Gasteiger partial charge on any atom is 0.389 e. The molecule has 1 heterocycles. The summed E-state index contributed by atoms with van der Waals surface area (Å²) in [4.78, 5) is 0. The van der Waals surface area contributed by atoms with Crippen molar-refractivity contribution < 1.29 is 13.2 Å². The van der Waals surface area contributed by atoms with Crippen molar-refractivity contribution in [2.24, 2.45) is 0 Å². The largest absolute Gasteiger partial charge is 0.389 e. The molecule has 0 aliphatic rings. The second-order valence-corrected chi connectivity index (χ2v) is 5.02. The average molecular weight is 297 g/mol. The Hall–Kier alpha value is -1.98. The van der Waals surface area contributed by atoms with Crippen molar-refractivity contribution in [3.63, 3.8) is 0 Å². The molecule has 6 heteroatoms. The minimum absolute atomic E-state index is 0.0379. The van der Waals surface area contributed by atoms with E-state index < -0.39 is 12.6 Å². The third-order valence-corrected chi connectivity index (χ3v) is 3.15. The standard InChI is InChI=1S/C15H18F3N3/c1-12(6-4-9-15(16,17)18)20-13-7-2-3-8-14(13)21-11-5-10-19-21/h2-3,5,7-8,10-12,20H,4,6,9H2,1H3. The SMILES string of the molecule is CC(CCCC(F)(F)F)Nc1ccccc1-n1cccn1. The van der Waals surface area contributed by atoms with E-state index in [1.165, 1.54) is 0 Å². The topological polar surface area (TPSA) is 29.9 Å². The van der Waals surface area contributed by atoms with Crippen molar-refractivity contribution in [2.75, 3.05) is 5.32 Å². The Kier molecular flexibility index (Phi) is 4.88. The summed E-state index contributed by atoms with van der Waals surface area (Å²) in [5, 5.41) is 7.43. The summed E-state index contributed by atoms with van der Waals surface area (Å²) < 4.78 is 38.2. The summed E-state index contributed by atoms with van der Waals surface area (Å²) in [5.74, 6) is 0. The van der Waals surface area contributed by atoms with Gasteiger partial charge in [0, 0.05) is 24.9 Å². The van der Waals surface area contributed by atoms with Crippen molar-refractivity contribution >= 4 is 5.69 Å². The van der Waals surface area contributed by atoms with Crippen LogP contribution in [-0.2, 0) is 0 Å². The lowest BCUT2D eigenvalue weighted by molar-refractivity contribution is -0.135. The van der Waals surface area contributed by atoms with Crippen molar-refractivity contribution in [1.29, 1.82) is 0 Å². The highest BCUT2D eigenvalue weighted by Crippen LogP contribution is 2.24. The van der Waals surface area contributed by atoms with E-state index in [-0.39, 0.29) is 12.5 Å². The minimum atomic E-state index is -4.08. The van der Waals surface area contributed by atoms with Crippen molar-refractivity contribution in [3.05, 3.63) is 42.7 Å². The first-order valence-electron chi connectivity index (χ1n) is 6.88. The number of nitrogens with one attached hydrogen (secondary N) is 1. The molecule has 0 amide bonds. The predicted molar refractivity (Wildman–Crippen MR) is 76.6 cm³/mol. The lowest BCUT2D eigenvalue weighted by Crippen LogP contribution is -2.18. The molecule has 1 aromatic heterocycles. The third-order valence-electron chi connectivity index (χ3n) is 3.15. The number of halogens is 3. The highest BCUT2D eigenvalue weighted by atomic mass is 19.4. The first-order valence-corrected chi connectivity index (χ1v) is 6.88. The zero-order valence-corrected chi connectivity index (χ0v) is 11.8. The van der Waals surface area contributed by atoms with Gasteiger partial charge >= 0.3 is 6.18 Å². The van der Waals surface area contributed by atoms with Crippen molar-refractivity contribution in [3.8, 4) is 5.69 Å². The van der Waals surface area contributed by atoms with Gasteiger partial charge in [-0.25, -0.2) is 4.68 Å². The maximum absolute atomic E-state index is 12.2. The molecule has 3 nitrogen and oxygen atoms in total. The van der Waals surface area contributed by atoms with Crippen LogP contribution in [-0.4, -0.2) is 22.0 Å². The molecule has 0 saturated heterocycles. The number of benzene rings is 1. The van der Waals surface area contributed by atoms with Gasteiger partial charge in [-0.05, 0) is 38.0 Å². The number of para-hydroxylation sites is 2. The molecule has 0 saturated carbocycles. The smallest absolute Gasteiger partial charge is 0.381 e. The number of aromatic nitrogens is 2. The molecule has 114 valence electrons. The molecule has 21 heavy (non-hydrogen) atoms. The highest BCUT2D eigenvalue weighted by Gasteiger charge is 2.26. The second kappa shape index (κ2) is 6.65. The van der Waals surface area contributed by atoms with Crippen LogP contribution < -0.4 is 5.32 Å². The van der Waals surface area contributed by atoms with E-state index in [0.717, 1.165) is 11.4 Å². The molecular formula is C15H18F3N3. The summed E-state index contributed by atoms with van der Waals surface area (Å²) in [6, 6.07) is 9.39. The maximum atomic E-state index is 12.2. The summed E-state index contributed by atoms with van der Waals surface area (Å²) in [6.45, 7) is 1.89. The molecule has 0 aliphatic heterocycles. The second-order valence-electron chi connectivity index (χ2n) is 5.02. The molecule has 1 unspecified atom stereocenters. The summed E-state index contributed by atoms with van der Waals surface area (Å²) in [6.07, 6.45) is -0.709. The Labute approximate surface area is 121 Å². The van der Waals surface area contributed by atoms with E-state index in [1.54, 1.807) is 10.9 Å². The van der Waals surface area contributed by atoms with Gasteiger partial charge in [0.1, 0.15) is 0 Å². The van der Waals surface area contributed by atoms with Crippen molar-refractivity contribution in [2.45, 2.75) is 38.4 Å². The van der Waals surface area contributed by atoms with Crippen LogP contribution >= 0.6 is 0 Å². The molecule has 1 N–H and O–H groups in total. The molecule has 0 bridgehead atoms. The fourth-order valence-electron chi connectivity index (χ4n) is 2.15. The van der Waals surface area contributed by atoms with E-state index in [9.17, 15) is 13.2 Å². The first-order chi connectivity index (χ1) is 9.96. The van der Waals surface area contributed by atoms with Gasteiger partial charge in [-0.15, -0.1) is 0 Å². The number of hydrogen-bond acceptors (Lipinski definition) is 2. The number of hydrogen-bond donors (Lipinski definition) is 1. The molecular weight excluding hydrogens is 279 g/mol. The monoisotopic (exact) mass is 297 g/mol. The van der Waals surface area contributed by atoms with Crippen LogP contribution in [0.5, 0.6) is 0 Å². The molecule has 0 spiro atoms. The van der Waals surface area contributed by atoms with Crippen LogP contribution in [0.2, 0.25) is 0 Å². The fraction of sp³-hybridized carbons (Fsp3) is 0.400. The summed E-state index contributed by atoms with van der Waals surface area (Å²) in [5.41, 5.74) is 1.74. The fourth-order valence-corrected chi connectivity index (χ4v) is 2.15. The van der Waals surface area contributed by atoms with E-state index >= 15 is 0 Å². The Morgan fingerprint density at radius 3 is 2.67 bits per heavy atom. The molecule has 0 aliphatic carbocycles. The third kappa shape index (κ3) is 4.81. The Morgan fingerprint density at radius 1 is 1.24 bits per heavy atom. The van der Waals surface area contributed by atoms with E-state index in [0.29, 0.717) is 6.42 Å². The van der Waals surface area contributed by atoms with Crippen LogP contribution in [0.3, 0.4) is 0 Å². The number of anilines is 1. The van der Waals surface area contributed by atoms with E-state index in [1.807, 2.05) is 43.5 Å². The minimum Gasteiger partial charge on any atom is -0.381 e. The molecule has 2 aromatic rings. The normalized spacial score (nSPS) is 13.1. The van der Waals surface area contributed by atoms with Crippen molar-refractivity contribution in [1.82, 2.24) is 9.78 Å². The highest BCUT2D eigenvalue weighted by molar-refractivity contribution is 5.60. The number of rotatable bonds is 6. The lowest BCUT2D eigenvalue weighted by atomic mass is 10.1. The van der Waals surface area contributed by atoms with Gasteiger partial charge in [-0.1, -0.05) is 12.1 Å². The average Bonchev–Trinajstić information content (AvgIpc) is 2.91. The molecule has 0 radical (unpaired) electrons. The van der Waals surface area contributed by atoms with E-state index in [4.69, 9.17) is 0 Å². The number of nitrogens with zero attached hydrogens (tertiary/aromatic N) is 2. The molecule has 0 fully saturated rings. The van der Waals surface area contributed by atoms with Gasteiger partial charge in [0.05, 0.1) is 11.4 Å². The number of alkyl halides is 3. The molecule has 1 atom stereocenters.